The molecule has 8 heteroatoms. The number of rotatable bonds is 2. The molecule has 0 unspecified atom stereocenters. The van der Waals surface area contributed by atoms with Crippen LogP contribution in [0.5, 0.6) is 0 Å². The van der Waals surface area contributed by atoms with Gasteiger partial charge in [0, 0.05) is 32.6 Å². The van der Waals surface area contributed by atoms with E-state index in [0.29, 0.717) is 25.2 Å². The van der Waals surface area contributed by atoms with Crippen LogP contribution in [0.4, 0.5) is 8.78 Å². The molecule has 2 heterocycles. The van der Waals surface area contributed by atoms with E-state index in [-0.39, 0.29) is 29.5 Å². The van der Waals surface area contributed by atoms with E-state index in [9.17, 15) is 22.0 Å². The Kier molecular flexibility index (Phi) is 4.14. The van der Waals surface area contributed by atoms with Gasteiger partial charge in [-0.25, -0.2) is 17.2 Å². The molecule has 23 heavy (non-hydrogen) atoms. The number of fused-ring (bicyclic) bond motifs is 1. The number of nitrogens with zero attached hydrogens (tertiary/aromatic N) is 2. The van der Waals surface area contributed by atoms with Gasteiger partial charge in [0.05, 0.1) is 17.5 Å². The maximum atomic E-state index is 13.4. The molecule has 3 rings (SSSR count). The molecule has 0 aromatic heterocycles. The van der Waals surface area contributed by atoms with E-state index in [1.54, 1.807) is 4.90 Å². The van der Waals surface area contributed by atoms with Gasteiger partial charge >= 0.3 is 0 Å². The zero-order valence-corrected chi connectivity index (χ0v) is 13.5. The van der Waals surface area contributed by atoms with Gasteiger partial charge in [0.2, 0.25) is 5.91 Å². The van der Waals surface area contributed by atoms with Crippen molar-refractivity contribution in [1.29, 1.82) is 0 Å². The molecular formula is C15H18F2N2O3S. The SMILES string of the molecule is CC(=O)N1CCN(Cc2ccc(F)c(F)c2)[C@H]2CS(=O)(=O)C[C@H]21. The third kappa shape index (κ3) is 3.23. The summed E-state index contributed by atoms with van der Waals surface area (Å²) < 4.78 is 50.3. The Hall–Kier alpha value is -1.54. The summed E-state index contributed by atoms with van der Waals surface area (Å²) in [5.74, 6) is -2.00. The molecule has 1 aromatic rings. The molecule has 0 saturated carbocycles. The van der Waals surface area contributed by atoms with E-state index < -0.39 is 21.5 Å². The smallest absolute Gasteiger partial charge is 0.219 e. The first-order valence-corrected chi connectivity index (χ1v) is 9.24. The average molecular weight is 344 g/mol. The van der Waals surface area contributed by atoms with Gasteiger partial charge in [-0.3, -0.25) is 9.69 Å². The molecule has 0 radical (unpaired) electrons. The second-order valence-corrected chi connectivity index (χ2v) is 8.30. The molecule has 2 aliphatic heterocycles. The number of hydrogen-bond donors (Lipinski definition) is 0. The molecular weight excluding hydrogens is 326 g/mol. The van der Waals surface area contributed by atoms with E-state index in [0.717, 1.165) is 12.1 Å². The van der Waals surface area contributed by atoms with Crippen LogP contribution in [0.1, 0.15) is 12.5 Å². The quantitative estimate of drug-likeness (QED) is 0.796. The summed E-state index contributed by atoms with van der Waals surface area (Å²) in [5, 5.41) is 0. The number of halogens is 2. The number of sulfone groups is 1. The molecule has 2 atom stereocenters. The zero-order valence-electron chi connectivity index (χ0n) is 12.7. The highest BCUT2D eigenvalue weighted by molar-refractivity contribution is 7.91. The van der Waals surface area contributed by atoms with Crippen LogP contribution < -0.4 is 0 Å². The Morgan fingerprint density at radius 2 is 1.87 bits per heavy atom. The summed E-state index contributed by atoms with van der Waals surface area (Å²) in [4.78, 5) is 15.3. The van der Waals surface area contributed by atoms with Crippen LogP contribution in [0, 0.1) is 11.6 Å². The molecule has 0 aliphatic carbocycles. The maximum Gasteiger partial charge on any atom is 0.219 e. The summed E-state index contributed by atoms with van der Waals surface area (Å²) in [6.45, 7) is 2.72. The van der Waals surface area contributed by atoms with Gasteiger partial charge in [0.1, 0.15) is 0 Å². The van der Waals surface area contributed by atoms with Crippen molar-refractivity contribution in [1.82, 2.24) is 9.80 Å². The number of carbonyl (C=O) groups is 1. The monoisotopic (exact) mass is 344 g/mol. The van der Waals surface area contributed by atoms with Gasteiger partial charge in [0.15, 0.2) is 21.5 Å². The Bertz CT molecular complexity index is 738. The van der Waals surface area contributed by atoms with E-state index in [4.69, 9.17) is 0 Å². The van der Waals surface area contributed by atoms with Crippen LogP contribution in [0.3, 0.4) is 0 Å². The Balaban J connectivity index is 1.83. The van der Waals surface area contributed by atoms with Gasteiger partial charge < -0.3 is 4.90 Å². The van der Waals surface area contributed by atoms with Crippen molar-refractivity contribution in [3.05, 3.63) is 35.4 Å². The van der Waals surface area contributed by atoms with Crippen molar-refractivity contribution < 1.29 is 22.0 Å². The summed E-state index contributed by atoms with van der Waals surface area (Å²) in [6.07, 6.45) is 0. The van der Waals surface area contributed by atoms with Crippen LogP contribution >= 0.6 is 0 Å². The molecule has 126 valence electrons. The van der Waals surface area contributed by atoms with Gasteiger partial charge in [-0.15, -0.1) is 0 Å². The van der Waals surface area contributed by atoms with Crippen molar-refractivity contribution >= 4 is 15.7 Å². The van der Waals surface area contributed by atoms with Crippen LogP contribution in [-0.4, -0.2) is 60.8 Å². The third-order valence-corrected chi connectivity index (χ3v) is 6.26. The summed E-state index contributed by atoms with van der Waals surface area (Å²) in [7, 11) is -3.20. The van der Waals surface area contributed by atoms with E-state index in [1.807, 2.05) is 4.90 Å². The number of amides is 1. The number of piperazine rings is 1. The highest BCUT2D eigenvalue weighted by Crippen LogP contribution is 2.28. The highest BCUT2D eigenvalue weighted by Gasteiger charge is 2.47. The van der Waals surface area contributed by atoms with Crippen molar-refractivity contribution in [2.45, 2.75) is 25.6 Å². The largest absolute Gasteiger partial charge is 0.336 e. The number of hydrogen-bond acceptors (Lipinski definition) is 4. The number of carbonyl (C=O) groups excluding carboxylic acids is 1. The second-order valence-electron chi connectivity index (χ2n) is 6.14. The lowest BCUT2D eigenvalue weighted by molar-refractivity contribution is -0.134. The Morgan fingerprint density at radius 3 is 2.52 bits per heavy atom. The van der Waals surface area contributed by atoms with Crippen LogP contribution in [-0.2, 0) is 21.2 Å². The first kappa shape index (κ1) is 16.3. The van der Waals surface area contributed by atoms with Gasteiger partial charge in [0.25, 0.3) is 0 Å². The predicted molar refractivity (Wildman–Crippen MR) is 80.4 cm³/mol. The summed E-state index contributed by atoms with van der Waals surface area (Å²) in [5.41, 5.74) is 0.586. The third-order valence-electron chi connectivity index (χ3n) is 4.57. The normalized spacial score (nSPS) is 27.0. The average Bonchev–Trinajstić information content (AvgIpc) is 2.78. The first-order chi connectivity index (χ1) is 10.8. The van der Waals surface area contributed by atoms with Gasteiger partial charge in [-0.1, -0.05) is 6.07 Å². The topological polar surface area (TPSA) is 57.7 Å². The van der Waals surface area contributed by atoms with Gasteiger partial charge in [-0.05, 0) is 17.7 Å². The molecule has 5 nitrogen and oxygen atoms in total. The van der Waals surface area contributed by atoms with Crippen LogP contribution in [0.25, 0.3) is 0 Å². The zero-order chi connectivity index (χ0) is 16.8. The van der Waals surface area contributed by atoms with Crippen molar-refractivity contribution in [3.8, 4) is 0 Å². The molecule has 1 aromatic carbocycles. The molecule has 0 N–H and O–H groups in total. The fourth-order valence-electron chi connectivity index (χ4n) is 3.48. The standard InChI is InChI=1S/C15H18F2N2O3S/c1-10(20)19-5-4-18(14-8-23(21,22)9-15(14)19)7-11-2-3-12(16)13(17)6-11/h2-3,6,14-15H,4-5,7-9H2,1H3/t14-,15+/m0/s1. The van der Waals surface area contributed by atoms with E-state index in [1.165, 1.54) is 13.0 Å². The molecule has 1 amide bonds. The van der Waals surface area contributed by atoms with Crippen molar-refractivity contribution in [3.63, 3.8) is 0 Å². The van der Waals surface area contributed by atoms with Crippen molar-refractivity contribution in [2.75, 3.05) is 24.6 Å². The minimum atomic E-state index is -3.20. The lowest BCUT2D eigenvalue weighted by Crippen LogP contribution is -2.59. The lowest BCUT2D eigenvalue weighted by atomic mass is 10.0. The molecule has 0 bridgehead atoms. The fourth-order valence-corrected chi connectivity index (χ4v) is 5.50. The molecule has 0 spiro atoms. The minimum Gasteiger partial charge on any atom is -0.336 e. The van der Waals surface area contributed by atoms with E-state index in [2.05, 4.69) is 0 Å². The highest BCUT2D eigenvalue weighted by atomic mass is 32.2. The summed E-state index contributed by atoms with van der Waals surface area (Å²) >= 11 is 0. The molecule has 2 fully saturated rings. The maximum absolute atomic E-state index is 13.4. The van der Waals surface area contributed by atoms with Crippen LogP contribution in [0.2, 0.25) is 0 Å². The number of benzene rings is 1. The minimum absolute atomic E-state index is 0.00881. The molecule has 2 saturated heterocycles. The summed E-state index contributed by atoms with van der Waals surface area (Å²) in [6, 6.07) is 3.03. The van der Waals surface area contributed by atoms with Gasteiger partial charge in [-0.2, -0.15) is 0 Å². The first-order valence-electron chi connectivity index (χ1n) is 7.42. The fraction of sp³-hybridized carbons (Fsp3) is 0.533. The van der Waals surface area contributed by atoms with Crippen molar-refractivity contribution in [2.24, 2.45) is 0 Å². The lowest BCUT2D eigenvalue weighted by Gasteiger charge is -2.43. The Labute approximate surface area is 133 Å². The van der Waals surface area contributed by atoms with Crippen LogP contribution in [0.15, 0.2) is 18.2 Å². The predicted octanol–water partition coefficient (Wildman–Crippen LogP) is 0.794. The molecule has 2 aliphatic rings. The Morgan fingerprint density at radius 1 is 1.17 bits per heavy atom. The second kappa shape index (κ2) is 5.83. The van der Waals surface area contributed by atoms with E-state index >= 15 is 0 Å².